The Morgan fingerprint density at radius 1 is 1.17 bits per heavy atom. The zero-order valence-electron chi connectivity index (χ0n) is 9.32. The number of nitrogens with two attached hydrogens (primary N) is 2. The van der Waals surface area contributed by atoms with Crippen LogP contribution >= 0.6 is 23.2 Å². The fourth-order valence-corrected chi connectivity index (χ4v) is 1.81. The number of hydrogen-bond acceptors (Lipinski definition) is 6. The van der Waals surface area contributed by atoms with E-state index in [9.17, 15) is 0 Å². The first kappa shape index (κ1) is 12.7. The molecule has 2 aromatic rings. The summed E-state index contributed by atoms with van der Waals surface area (Å²) >= 11 is 12.1. The summed E-state index contributed by atoms with van der Waals surface area (Å²) < 4.78 is 5.10. The maximum Gasteiger partial charge on any atom is 0.242 e. The maximum absolute atomic E-state index is 6.10. The normalized spacial score (nSPS) is 10.4. The lowest BCUT2D eigenvalue weighted by atomic mass is 10.1. The monoisotopic (exact) mass is 285 g/mol. The Kier molecular flexibility index (Phi) is 3.40. The molecule has 18 heavy (non-hydrogen) atoms. The van der Waals surface area contributed by atoms with Crippen LogP contribution < -0.4 is 16.2 Å². The minimum Gasteiger partial charge on any atom is -0.497 e. The molecule has 0 saturated heterocycles. The minimum atomic E-state index is -0.0126. The van der Waals surface area contributed by atoms with Gasteiger partial charge in [0.1, 0.15) is 11.4 Å². The zero-order valence-corrected chi connectivity index (χ0v) is 10.8. The van der Waals surface area contributed by atoms with Crippen LogP contribution in [0, 0.1) is 0 Å². The highest BCUT2D eigenvalue weighted by molar-refractivity contribution is 6.43. The van der Waals surface area contributed by atoms with E-state index in [0.29, 0.717) is 27.1 Å². The number of halogens is 2. The maximum atomic E-state index is 6.10. The standard InChI is InChI=1S/C10H9Cl2N5O/c1-18-4-2-5(7(12)6(11)3-4)8-9(13)15-10(14)17-16-8/h2-3H,1H3,(H4,13,14,15,17). The molecule has 0 unspecified atom stereocenters. The van der Waals surface area contributed by atoms with E-state index in [1.807, 2.05) is 0 Å². The van der Waals surface area contributed by atoms with Gasteiger partial charge in [0.05, 0.1) is 17.2 Å². The third-order valence-electron chi connectivity index (χ3n) is 2.22. The van der Waals surface area contributed by atoms with Crippen molar-refractivity contribution in [2.45, 2.75) is 0 Å². The second-order valence-corrected chi connectivity index (χ2v) is 4.16. The Labute approximate surface area is 113 Å². The van der Waals surface area contributed by atoms with Crippen LogP contribution in [0.4, 0.5) is 11.8 Å². The first-order valence-electron chi connectivity index (χ1n) is 4.82. The lowest BCUT2D eigenvalue weighted by molar-refractivity contribution is 0.415. The van der Waals surface area contributed by atoms with Crippen molar-refractivity contribution in [1.29, 1.82) is 0 Å². The summed E-state index contributed by atoms with van der Waals surface area (Å²) in [6.07, 6.45) is 0. The summed E-state index contributed by atoms with van der Waals surface area (Å²) in [6, 6.07) is 3.23. The van der Waals surface area contributed by atoms with Gasteiger partial charge in [-0.25, -0.2) is 0 Å². The summed E-state index contributed by atoms with van der Waals surface area (Å²) in [4.78, 5) is 3.82. The van der Waals surface area contributed by atoms with Crippen LogP contribution in [0.3, 0.4) is 0 Å². The van der Waals surface area contributed by atoms with Crippen molar-refractivity contribution in [1.82, 2.24) is 15.2 Å². The van der Waals surface area contributed by atoms with Crippen molar-refractivity contribution in [2.24, 2.45) is 0 Å². The molecule has 0 radical (unpaired) electrons. The molecule has 0 atom stereocenters. The van der Waals surface area contributed by atoms with Gasteiger partial charge in [-0.15, -0.1) is 10.2 Å². The summed E-state index contributed by atoms with van der Waals surface area (Å²) in [5.41, 5.74) is 11.9. The van der Waals surface area contributed by atoms with Gasteiger partial charge in [0, 0.05) is 11.6 Å². The molecule has 1 aromatic carbocycles. The largest absolute Gasteiger partial charge is 0.497 e. The highest BCUT2D eigenvalue weighted by Gasteiger charge is 2.15. The number of methoxy groups -OCH3 is 1. The first-order chi connectivity index (χ1) is 8.52. The molecule has 0 bridgehead atoms. The summed E-state index contributed by atoms with van der Waals surface area (Å²) in [6.45, 7) is 0. The molecule has 6 nitrogen and oxygen atoms in total. The number of ether oxygens (including phenoxy) is 1. The average Bonchev–Trinajstić information content (AvgIpc) is 2.33. The molecule has 0 aliphatic rings. The van der Waals surface area contributed by atoms with E-state index < -0.39 is 0 Å². The zero-order chi connectivity index (χ0) is 13.3. The van der Waals surface area contributed by atoms with Crippen molar-refractivity contribution >= 4 is 35.0 Å². The van der Waals surface area contributed by atoms with Gasteiger partial charge in [0.25, 0.3) is 0 Å². The Balaban J connectivity index is 2.66. The van der Waals surface area contributed by atoms with Gasteiger partial charge in [0.15, 0.2) is 5.82 Å². The topological polar surface area (TPSA) is 99.9 Å². The molecule has 0 aliphatic heterocycles. The predicted molar refractivity (Wildman–Crippen MR) is 70.7 cm³/mol. The Bertz CT molecular complexity index is 605. The molecule has 0 spiro atoms. The van der Waals surface area contributed by atoms with Crippen LogP contribution in [-0.4, -0.2) is 22.3 Å². The molecule has 1 aromatic heterocycles. The van der Waals surface area contributed by atoms with E-state index in [0.717, 1.165) is 0 Å². The molecule has 8 heteroatoms. The number of benzene rings is 1. The molecule has 94 valence electrons. The summed E-state index contributed by atoms with van der Waals surface area (Å²) in [5.74, 6) is 0.632. The molecule has 0 aliphatic carbocycles. The minimum absolute atomic E-state index is 0.0126. The number of rotatable bonds is 2. The lowest BCUT2D eigenvalue weighted by Gasteiger charge is -2.09. The second kappa shape index (κ2) is 4.83. The van der Waals surface area contributed by atoms with Crippen LogP contribution in [0.15, 0.2) is 12.1 Å². The van der Waals surface area contributed by atoms with Crippen molar-refractivity contribution in [3.63, 3.8) is 0 Å². The van der Waals surface area contributed by atoms with Gasteiger partial charge in [0.2, 0.25) is 5.95 Å². The van der Waals surface area contributed by atoms with E-state index >= 15 is 0 Å². The number of nitrogens with zero attached hydrogens (tertiary/aromatic N) is 3. The summed E-state index contributed by atoms with van der Waals surface area (Å²) in [5, 5.41) is 8.12. The van der Waals surface area contributed by atoms with Crippen LogP contribution in [0.25, 0.3) is 11.3 Å². The third-order valence-corrected chi connectivity index (χ3v) is 3.02. The van der Waals surface area contributed by atoms with Gasteiger partial charge < -0.3 is 16.2 Å². The third kappa shape index (κ3) is 2.25. The van der Waals surface area contributed by atoms with Gasteiger partial charge >= 0.3 is 0 Å². The number of hydrogen-bond donors (Lipinski definition) is 2. The Morgan fingerprint density at radius 2 is 1.89 bits per heavy atom. The van der Waals surface area contributed by atoms with Crippen LogP contribution in [0.5, 0.6) is 5.75 Å². The van der Waals surface area contributed by atoms with E-state index in [-0.39, 0.29) is 11.8 Å². The lowest BCUT2D eigenvalue weighted by Crippen LogP contribution is -2.04. The van der Waals surface area contributed by atoms with E-state index in [4.69, 9.17) is 39.4 Å². The van der Waals surface area contributed by atoms with Crippen LogP contribution in [-0.2, 0) is 0 Å². The molecule has 1 heterocycles. The van der Waals surface area contributed by atoms with Gasteiger partial charge in [-0.05, 0) is 6.07 Å². The SMILES string of the molecule is COc1cc(Cl)c(Cl)c(-c2nnc(N)nc2N)c1. The van der Waals surface area contributed by atoms with Crippen LogP contribution in [0.2, 0.25) is 10.0 Å². The molecule has 0 fully saturated rings. The number of aromatic nitrogens is 3. The van der Waals surface area contributed by atoms with Crippen molar-refractivity contribution in [3.8, 4) is 17.0 Å². The fraction of sp³-hybridized carbons (Fsp3) is 0.100. The smallest absolute Gasteiger partial charge is 0.242 e. The highest BCUT2D eigenvalue weighted by Crippen LogP contribution is 2.37. The van der Waals surface area contributed by atoms with Crippen molar-refractivity contribution in [2.75, 3.05) is 18.6 Å². The van der Waals surface area contributed by atoms with E-state index in [1.165, 1.54) is 7.11 Å². The van der Waals surface area contributed by atoms with Crippen molar-refractivity contribution < 1.29 is 4.74 Å². The van der Waals surface area contributed by atoms with Gasteiger partial charge in [-0.3, -0.25) is 0 Å². The Hall–Kier alpha value is -1.79. The second-order valence-electron chi connectivity index (χ2n) is 3.37. The average molecular weight is 286 g/mol. The first-order valence-corrected chi connectivity index (χ1v) is 5.57. The molecule has 0 saturated carbocycles. The molecular weight excluding hydrogens is 277 g/mol. The molecule has 4 N–H and O–H groups in total. The summed E-state index contributed by atoms with van der Waals surface area (Å²) in [7, 11) is 1.51. The fourth-order valence-electron chi connectivity index (χ4n) is 1.40. The molecular formula is C10H9Cl2N5O. The quantitative estimate of drug-likeness (QED) is 0.876. The van der Waals surface area contributed by atoms with Crippen molar-refractivity contribution in [3.05, 3.63) is 22.2 Å². The highest BCUT2D eigenvalue weighted by atomic mass is 35.5. The van der Waals surface area contributed by atoms with Gasteiger partial charge in [-0.1, -0.05) is 23.2 Å². The Morgan fingerprint density at radius 3 is 2.50 bits per heavy atom. The number of nitrogen functional groups attached to an aromatic ring is 2. The number of anilines is 2. The molecule has 2 rings (SSSR count). The molecule has 0 amide bonds. The van der Waals surface area contributed by atoms with Crippen LogP contribution in [0.1, 0.15) is 0 Å². The van der Waals surface area contributed by atoms with E-state index in [1.54, 1.807) is 12.1 Å². The van der Waals surface area contributed by atoms with E-state index in [2.05, 4.69) is 15.2 Å². The predicted octanol–water partition coefficient (Wildman–Crippen LogP) is 2.02. The van der Waals surface area contributed by atoms with Gasteiger partial charge in [-0.2, -0.15) is 4.98 Å².